The third-order valence-electron chi connectivity index (χ3n) is 3.61. The van der Waals surface area contributed by atoms with Gasteiger partial charge in [-0.2, -0.15) is 4.31 Å². The Labute approximate surface area is 161 Å². The topological polar surface area (TPSA) is 85.8 Å². The van der Waals surface area contributed by atoms with E-state index in [9.17, 15) is 13.2 Å². The number of hydrogen-bond acceptors (Lipinski definition) is 6. The minimum absolute atomic E-state index is 0.00101. The highest BCUT2D eigenvalue weighted by molar-refractivity contribution is 9.10. The van der Waals surface area contributed by atoms with E-state index < -0.39 is 16.0 Å². The second-order valence-electron chi connectivity index (χ2n) is 5.33. The molecular formula is C17H19BrN2O5S. The zero-order valence-electron chi connectivity index (χ0n) is 14.4. The van der Waals surface area contributed by atoms with Crippen LogP contribution in [0.4, 0.5) is 0 Å². The van der Waals surface area contributed by atoms with E-state index >= 15 is 0 Å². The number of hydrogen-bond donors (Lipinski definition) is 0. The normalized spacial score (nSPS) is 11.5. The van der Waals surface area contributed by atoms with Crippen molar-refractivity contribution < 1.29 is 22.7 Å². The Bertz CT molecular complexity index is 859. The van der Waals surface area contributed by atoms with Crippen LogP contribution in [0.1, 0.15) is 15.9 Å². The number of rotatable bonds is 8. The number of aromatic nitrogens is 1. The number of methoxy groups -OCH3 is 2. The van der Waals surface area contributed by atoms with Crippen molar-refractivity contribution in [1.82, 2.24) is 9.29 Å². The van der Waals surface area contributed by atoms with E-state index in [2.05, 4.69) is 20.9 Å². The van der Waals surface area contributed by atoms with Crippen molar-refractivity contribution in [2.24, 2.45) is 0 Å². The monoisotopic (exact) mass is 442 g/mol. The fourth-order valence-electron chi connectivity index (χ4n) is 2.25. The molecule has 0 atom stereocenters. The number of nitrogens with zero attached hydrogens (tertiary/aromatic N) is 2. The highest BCUT2D eigenvalue weighted by Crippen LogP contribution is 2.25. The molecule has 1 aromatic heterocycles. The van der Waals surface area contributed by atoms with Crippen LogP contribution in [0.3, 0.4) is 0 Å². The van der Waals surface area contributed by atoms with Gasteiger partial charge in [-0.3, -0.25) is 4.98 Å². The first-order chi connectivity index (χ1) is 12.4. The third kappa shape index (κ3) is 4.88. The molecule has 0 fully saturated rings. The van der Waals surface area contributed by atoms with Gasteiger partial charge in [-0.05, 0) is 45.8 Å². The lowest BCUT2D eigenvalue weighted by molar-refractivity contribution is 0.0599. The fraction of sp³-hybridized carbons (Fsp3) is 0.294. The van der Waals surface area contributed by atoms with Crippen LogP contribution in [0, 0.1) is 0 Å². The van der Waals surface area contributed by atoms with E-state index in [1.165, 1.54) is 36.7 Å². The molecule has 0 saturated carbocycles. The molecule has 0 unspecified atom stereocenters. The molecule has 2 rings (SSSR count). The van der Waals surface area contributed by atoms with Gasteiger partial charge in [0.25, 0.3) is 0 Å². The van der Waals surface area contributed by atoms with Gasteiger partial charge in [-0.1, -0.05) is 6.07 Å². The molecule has 140 valence electrons. The summed E-state index contributed by atoms with van der Waals surface area (Å²) in [6.07, 6.45) is 3.23. The standard InChI is InChI=1S/C17H19BrN2O5S/c1-24-9-8-20(12-13-4-3-7-19-11-13)26(22,23)14-5-6-16(18)15(10-14)17(21)25-2/h3-7,10-11H,8-9,12H2,1-2H3. The number of carbonyl (C=O) groups is 1. The molecule has 1 heterocycles. The Morgan fingerprint density at radius 2 is 2.04 bits per heavy atom. The van der Waals surface area contributed by atoms with Crippen molar-refractivity contribution in [1.29, 1.82) is 0 Å². The average molecular weight is 443 g/mol. The zero-order valence-corrected chi connectivity index (χ0v) is 16.8. The third-order valence-corrected chi connectivity index (χ3v) is 6.14. The summed E-state index contributed by atoms with van der Waals surface area (Å²) in [5, 5.41) is 0. The zero-order chi connectivity index (χ0) is 19.2. The smallest absolute Gasteiger partial charge is 0.339 e. The molecule has 0 bridgehead atoms. The number of benzene rings is 1. The van der Waals surface area contributed by atoms with Gasteiger partial charge in [0.1, 0.15) is 0 Å². The highest BCUT2D eigenvalue weighted by atomic mass is 79.9. The van der Waals surface area contributed by atoms with Gasteiger partial charge in [0.2, 0.25) is 10.0 Å². The summed E-state index contributed by atoms with van der Waals surface area (Å²) in [6.45, 7) is 0.542. The summed E-state index contributed by atoms with van der Waals surface area (Å²) >= 11 is 3.23. The molecule has 0 spiro atoms. The van der Waals surface area contributed by atoms with Gasteiger partial charge in [-0.25, -0.2) is 13.2 Å². The largest absolute Gasteiger partial charge is 0.465 e. The second-order valence-corrected chi connectivity index (χ2v) is 8.12. The van der Waals surface area contributed by atoms with Gasteiger partial charge >= 0.3 is 5.97 Å². The summed E-state index contributed by atoms with van der Waals surface area (Å²) in [4.78, 5) is 15.9. The lowest BCUT2D eigenvalue weighted by atomic mass is 10.2. The summed E-state index contributed by atoms with van der Waals surface area (Å²) in [5.41, 5.74) is 0.888. The Hall–Kier alpha value is -1.81. The van der Waals surface area contributed by atoms with Crippen molar-refractivity contribution in [3.8, 4) is 0 Å². The maximum absolute atomic E-state index is 13.1. The van der Waals surface area contributed by atoms with Crippen LogP contribution in [-0.4, -0.2) is 51.0 Å². The Morgan fingerprint density at radius 1 is 1.27 bits per heavy atom. The lowest BCUT2D eigenvalue weighted by Gasteiger charge is -2.22. The number of sulfonamides is 1. The average Bonchev–Trinajstić information content (AvgIpc) is 2.65. The van der Waals surface area contributed by atoms with Crippen LogP contribution in [-0.2, 0) is 26.0 Å². The molecule has 0 N–H and O–H groups in total. The summed E-state index contributed by atoms with van der Waals surface area (Å²) in [5.74, 6) is -0.621. The van der Waals surface area contributed by atoms with Crippen LogP contribution in [0.25, 0.3) is 0 Å². The van der Waals surface area contributed by atoms with E-state index in [0.29, 0.717) is 4.47 Å². The van der Waals surface area contributed by atoms with Gasteiger partial charge < -0.3 is 9.47 Å². The molecule has 0 aliphatic rings. The molecule has 0 aliphatic carbocycles. The van der Waals surface area contributed by atoms with Crippen LogP contribution >= 0.6 is 15.9 Å². The van der Waals surface area contributed by atoms with Gasteiger partial charge in [0.05, 0.1) is 24.2 Å². The molecule has 7 nitrogen and oxygen atoms in total. The van der Waals surface area contributed by atoms with E-state index in [0.717, 1.165) is 5.56 Å². The number of esters is 1. The Morgan fingerprint density at radius 3 is 2.65 bits per heavy atom. The molecule has 0 radical (unpaired) electrons. The molecule has 26 heavy (non-hydrogen) atoms. The number of pyridine rings is 1. The number of carbonyl (C=O) groups excluding carboxylic acids is 1. The van der Waals surface area contributed by atoms with Crippen molar-refractivity contribution in [3.63, 3.8) is 0 Å². The first-order valence-corrected chi connectivity index (χ1v) is 9.89. The Kier molecular flexibility index (Phi) is 7.27. The highest BCUT2D eigenvalue weighted by Gasteiger charge is 2.26. The van der Waals surface area contributed by atoms with Crippen LogP contribution in [0.2, 0.25) is 0 Å². The lowest BCUT2D eigenvalue weighted by Crippen LogP contribution is -2.33. The van der Waals surface area contributed by atoms with Crippen LogP contribution in [0.5, 0.6) is 0 Å². The maximum Gasteiger partial charge on any atom is 0.339 e. The van der Waals surface area contributed by atoms with E-state index in [1.54, 1.807) is 24.5 Å². The molecular weight excluding hydrogens is 424 g/mol. The van der Waals surface area contributed by atoms with Crippen LogP contribution < -0.4 is 0 Å². The van der Waals surface area contributed by atoms with E-state index in [-0.39, 0.29) is 30.2 Å². The molecule has 0 saturated heterocycles. The van der Waals surface area contributed by atoms with E-state index in [4.69, 9.17) is 9.47 Å². The van der Waals surface area contributed by atoms with Crippen molar-refractivity contribution in [3.05, 3.63) is 58.3 Å². The minimum atomic E-state index is -3.86. The fourth-order valence-corrected chi connectivity index (χ4v) is 4.10. The molecule has 1 aromatic carbocycles. The maximum atomic E-state index is 13.1. The van der Waals surface area contributed by atoms with Gasteiger partial charge in [0.15, 0.2) is 0 Å². The van der Waals surface area contributed by atoms with Gasteiger partial charge in [0, 0.05) is 37.1 Å². The molecule has 0 aliphatic heterocycles. The van der Waals surface area contributed by atoms with Crippen molar-refractivity contribution in [2.75, 3.05) is 27.4 Å². The molecule has 2 aromatic rings. The van der Waals surface area contributed by atoms with Gasteiger partial charge in [-0.15, -0.1) is 0 Å². The first kappa shape index (κ1) is 20.5. The quantitative estimate of drug-likeness (QED) is 0.583. The second kappa shape index (κ2) is 9.22. The summed E-state index contributed by atoms with van der Waals surface area (Å²) < 4.78 is 37.7. The van der Waals surface area contributed by atoms with E-state index in [1.807, 2.05) is 0 Å². The summed E-state index contributed by atoms with van der Waals surface area (Å²) in [7, 11) is -1.11. The van der Waals surface area contributed by atoms with Crippen molar-refractivity contribution >= 4 is 31.9 Å². The number of halogens is 1. The van der Waals surface area contributed by atoms with Crippen molar-refractivity contribution in [2.45, 2.75) is 11.4 Å². The minimum Gasteiger partial charge on any atom is -0.465 e. The SMILES string of the molecule is COCCN(Cc1cccnc1)S(=O)(=O)c1ccc(Br)c(C(=O)OC)c1. The number of ether oxygens (including phenoxy) is 2. The predicted octanol–water partition coefficient (Wildman–Crippen LogP) is 2.47. The predicted molar refractivity (Wildman–Crippen MR) is 99.2 cm³/mol. The first-order valence-electron chi connectivity index (χ1n) is 7.66. The Balaban J connectivity index is 2.41. The summed E-state index contributed by atoms with van der Waals surface area (Å²) in [6, 6.07) is 7.79. The molecule has 9 heteroatoms. The van der Waals surface area contributed by atoms with Crippen LogP contribution in [0.15, 0.2) is 52.1 Å². The molecule has 0 amide bonds.